The molecule has 2 aromatic rings. The normalized spacial score (nSPS) is 16.1. The van der Waals surface area contributed by atoms with Crippen LogP contribution in [0, 0.1) is 12.8 Å². The van der Waals surface area contributed by atoms with Crippen molar-refractivity contribution in [3.8, 4) is 0 Å². The van der Waals surface area contributed by atoms with E-state index < -0.39 is 0 Å². The van der Waals surface area contributed by atoms with Crippen molar-refractivity contribution in [1.29, 1.82) is 0 Å². The van der Waals surface area contributed by atoms with Gasteiger partial charge in [0.25, 0.3) is 0 Å². The summed E-state index contributed by atoms with van der Waals surface area (Å²) in [6, 6.07) is 5.70. The molecule has 0 bridgehead atoms. The lowest BCUT2D eigenvalue weighted by Gasteiger charge is -2.24. The van der Waals surface area contributed by atoms with E-state index in [1.807, 2.05) is 36.9 Å². The molecule has 2 N–H and O–H groups in total. The first-order valence-electron chi connectivity index (χ1n) is 8.58. The van der Waals surface area contributed by atoms with Gasteiger partial charge in [0.05, 0.1) is 17.9 Å². The highest BCUT2D eigenvalue weighted by Gasteiger charge is 2.28. The van der Waals surface area contributed by atoms with E-state index in [4.69, 9.17) is 0 Å². The average Bonchev–Trinajstić information content (AvgIpc) is 3.23. The first kappa shape index (κ1) is 16.5. The molecule has 1 atom stereocenters. The summed E-state index contributed by atoms with van der Waals surface area (Å²) >= 11 is 0. The van der Waals surface area contributed by atoms with Gasteiger partial charge in [-0.25, -0.2) is 4.79 Å². The number of aromatic nitrogens is 3. The standard InChI is InChI=1S/C18H25N5O/c1-13-15(12-21-23(13)2)11-20-18(24)22-17(14-7-3-4-8-14)16-9-5-6-10-19-16/h5-6,9-10,12,14,17H,3-4,7-8,11H2,1-2H3,(H2,20,22,24)/t17-/m0/s1. The molecular weight excluding hydrogens is 302 g/mol. The Morgan fingerprint density at radius 3 is 2.79 bits per heavy atom. The van der Waals surface area contributed by atoms with Gasteiger partial charge in [-0.05, 0) is 37.8 Å². The van der Waals surface area contributed by atoms with E-state index in [1.54, 1.807) is 12.4 Å². The van der Waals surface area contributed by atoms with Gasteiger partial charge in [-0.15, -0.1) is 0 Å². The predicted molar refractivity (Wildman–Crippen MR) is 92.3 cm³/mol. The average molecular weight is 327 g/mol. The van der Waals surface area contributed by atoms with Gasteiger partial charge in [0, 0.05) is 31.0 Å². The minimum absolute atomic E-state index is 0.0244. The van der Waals surface area contributed by atoms with Gasteiger partial charge in [-0.3, -0.25) is 9.67 Å². The van der Waals surface area contributed by atoms with Crippen LogP contribution in [0.25, 0.3) is 0 Å². The largest absolute Gasteiger partial charge is 0.334 e. The van der Waals surface area contributed by atoms with Crippen molar-refractivity contribution >= 4 is 6.03 Å². The summed E-state index contributed by atoms with van der Waals surface area (Å²) in [4.78, 5) is 16.9. The van der Waals surface area contributed by atoms with Crippen LogP contribution < -0.4 is 10.6 Å². The number of amides is 2. The van der Waals surface area contributed by atoms with E-state index >= 15 is 0 Å². The number of rotatable bonds is 5. The Morgan fingerprint density at radius 1 is 1.38 bits per heavy atom. The van der Waals surface area contributed by atoms with Gasteiger partial charge in [0.1, 0.15) is 0 Å². The van der Waals surface area contributed by atoms with Gasteiger partial charge in [0.15, 0.2) is 0 Å². The predicted octanol–water partition coefficient (Wildman–Crippen LogP) is 2.85. The number of nitrogens with one attached hydrogen (secondary N) is 2. The summed E-state index contributed by atoms with van der Waals surface area (Å²) in [5.74, 6) is 0.464. The Morgan fingerprint density at radius 2 is 2.17 bits per heavy atom. The lowest BCUT2D eigenvalue weighted by Crippen LogP contribution is -2.40. The highest BCUT2D eigenvalue weighted by Crippen LogP contribution is 2.34. The van der Waals surface area contributed by atoms with Crippen LogP contribution in [0.5, 0.6) is 0 Å². The third-order valence-electron chi connectivity index (χ3n) is 4.94. The third-order valence-corrected chi connectivity index (χ3v) is 4.94. The summed E-state index contributed by atoms with van der Waals surface area (Å²) < 4.78 is 1.81. The number of aryl methyl sites for hydroxylation is 1. The van der Waals surface area contributed by atoms with Crippen LogP contribution in [-0.4, -0.2) is 20.8 Å². The van der Waals surface area contributed by atoms with E-state index in [9.17, 15) is 4.79 Å². The smallest absolute Gasteiger partial charge is 0.315 e. The second-order valence-electron chi connectivity index (χ2n) is 6.48. The third kappa shape index (κ3) is 3.75. The number of carbonyl (C=O) groups is 1. The molecule has 0 aromatic carbocycles. The lowest BCUT2D eigenvalue weighted by atomic mass is 9.95. The number of hydrogen-bond donors (Lipinski definition) is 2. The highest BCUT2D eigenvalue weighted by atomic mass is 16.2. The second-order valence-corrected chi connectivity index (χ2v) is 6.48. The van der Waals surface area contributed by atoms with Crippen molar-refractivity contribution in [3.05, 3.63) is 47.5 Å². The minimum atomic E-state index is -0.152. The number of carbonyl (C=O) groups excluding carboxylic acids is 1. The van der Waals surface area contributed by atoms with Crippen LogP contribution in [0.1, 0.15) is 48.7 Å². The van der Waals surface area contributed by atoms with Crippen LogP contribution in [0.3, 0.4) is 0 Å². The van der Waals surface area contributed by atoms with Crippen molar-refractivity contribution in [2.24, 2.45) is 13.0 Å². The van der Waals surface area contributed by atoms with Crippen molar-refractivity contribution in [1.82, 2.24) is 25.4 Å². The monoisotopic (exact) mass is 327 g/mol. The molecule has 0 radical (unpaired) electrons. The molecule has 1 saturated carbocycles. The molecule has 2 amide bonds. The highest BCUT2D eigenvalue weighted by molar-refractivity contribution is 5.74. The molecule has 0 unspecified atom stereocenters. The van der Waals surface area contributed by atoms with Crippen LogP contribution >= 0.6 is 0 Å². The number of urea groups is 1. The van der Waals surface area contributed by atoms with Crippen LogP contribution in [0.2, 0.25) is 0 Å². The number of hydrogen-bond acceptors (Lipinski definition) is 3. The van der Waals surface area contributed by atoms with Gasteiger partial charge in [-0.1, -0.05) is 18.9 Å². The van der Waals surface area contributed by atoms with Crippen molar-refractivity contribution in [2.45, 2.75) is 45.2 Å². The van der Waals surface area contributed by atoms with Crippen LogP contribution in [0.15, 0.2) is 30.6 Å². The molecule has 1 fully saturated rings. The van der Waals surface area contributed by atoms with Crippen molar-refractivity contribution in [3.63, 3.8) is 0 Å². The molecule has 6 nitrogen and oxygen atoms in total. The zero-order chi connectivity index (χ0) is 16.9. The summed E-state index contributed by atoms with van der Waals surface area (Å²) in [6.45, 7) is 2.47. The SMILES string of the molecule is Cc1c(CNC(=O)N[C@H](c2ccccn2)C2CCCC2)cnn1C. The minimum Gasteiger partial charge on any atom is -0.334 e. The Bertz CT molecular complexity index is 676. The molecule has 3 rings (SSSR count). The van der Waals surface area contributed by atoms with E-state index in [0.29, 0.717) is 12.5 Å². The van der Waals surface area contributed by atoms with Crippen LogP contribution in [0.4, 0.5) is 4.79 Å². The van der Waals surface area contributed by atoms with Gasteiger partial charge in [0.2, 0.25) is 0 Å². The van der Waals surface area contributed by atoms with Crippen molar-refractivity contribution < 1.29 is 4.79 Å². The Labute approximate surface area is 142 Å². The zero-order valence-corrected chi connectivity index (χ0v) is 14.3. The topological polar surface area (TPSA) is 71.8 Å². The number of nitrogens with zero attached hydrogens (tertiary/aromatic N) is 3. The van der Waals surface area contributed by atoms with E-state index in [-0.39, 0.29) is 12.1 Å². The molecule has 2 heterocycles. The lowest BCUT2D eigenvalue weighted by molar-refractivity contribution is 0.230. The molecule has 0 aliphatic heterocycles. The first-order valence-corrected chi connectivity index (χ1v) is 8.58. The maximum Gasteiger partial charge on any atom is 0.315 e. The molecule has 0 spiro atoms. The fraction of sp³-hybridized carbons (Fsp3) is 0.500. The van der Waals surface area contributed by atoms with E-state index in [1.165, 1.54) is 12.8 Å². The van der Waals surface area contributed by atoms with E-state index in [0.717, 1.165) is 29.8 Å². The Hall–Kier alpha value is -2.37. The number of pyridine rings is 1. The van der Waals surface area contributed by atoms with Gasteiger partial charge >= 0.3 is 6.03 Å². The molecule has 128 valence electrons. The van der Waals surface area contributed by atoms with Crippen molar-refractivity contribution in [2.75, 3.05) is 0 Å². The van der Waals surface area contributed by atoms with Gasteiger partial charge < -0.3 is 10.6 Å². The Balaban J connectivity index is 1.63. The maximum absolute atomic E-state index is 12.4. The second kappa shape index (κ2) is 7.47. The summed E-state index contributed by atoms with van der Waals surface area (Å²) in [6.07, 6.45) is 8.32. The maximum atomic E-state index is 12.4. The Kier molecular flexibility index (Phi) is 5.13. The zero-order valence-electron chi connectivity index (χ0n) is 14.3. The molecule has 1 aliphatic carbocycles. The fourth-order valence-electron chi connectivity index (χ4n) is 3.37. The molecule has 6 heteroatoms. The molecule has 1 aliphatic rings. The molecule has 2 aromatic heterocycles. The van der Waals surface area contributed by atoms with Crippen LogP contribution in [-0.2, 0) is 13.6 Å². The first-order chi connectivity index (χ1) is 11.6. The summed E-state index contributed by atoms with van der Waals surface area (Å²) in [5.41, 5.74) is 3.03. The quantitative estimate of drug-likeness (QED) is 0.887. The fourth-order valence-corrected chi connectivity index (χ4v) is 3.37. The summed E-state index contributed by atoms with van der Waals surface area (Å²) in [7, 11) is 1.90. The molecular formula is C18H25N5O. The van der Waals surface area contributed by atoms with E-state index in [2.05, 4.69) is 20.7 Å². The molecule has 0 saturated heterocycles. The summed E-state index contributed by atoms with van der Waals surface area (Å²) in [5, 5.41) is 10.3. The molecule has 24 heavy (non-hydrogen) atoms. The van der Waals surface area contributed by atoms with Gasteiger partial charge in [-0.2, -0.15) is 5.10 Å².